The lowest BCUT2D eigenvalue weighted by molar-refractivity contribution is -0.384. The van der Waals surface area contributed by atoms with Gasteiger partial charge < -0.3 is 5.32 Å². The van der Waals surface area contributed by atoms with E-state index in [1.807, 2.05) is 37.3 Å². The van der Waals surface area contributed by atoms with Crippen molar-refractivity contribution in [2.45, 2.75) is 17.7 Å². The van der Waals surface area contributed by atoms with Crippen LogP contribution in [0.5, 0.6) is 0 Å². The van der Waals surface area contributed by atoms with Gasteiger partial charge in [0.1, 0.15) is 6.54 Å². The highest BCUT2D eigenvalue weighted by Crippen LogP contribution is 2.25. The molecule has 0 heterocycles. The van der Waals surface area contributed by atoms with Crippen LogP contribution in [0.4, 0.5) is 11.4 Å². The minimum atomic E-state index is -4.07. The summed E-state index contributed by atoms with van der Waals surface area (Å²) in [5.74, 6) is -0.440. The molecule has 3 aromatic carbocycles. The van der Waals surface area contributed by atoms with E-state index in [-0.39, 0.29) is 22.2 Å². The second kappa shape index (κ2) is 10.1. The van der Waals surface area contributed by atoms with Gasteiger partial charge in [-0.25, -0.2) is 8.42 Å². The molecule has 0 aromatic heterocycles. The Morgan fingerprint density at radius 3 is 2.09 bits per heavy atom. The summed E-state index contributed by atoms with van der Waals surface area (Å²) in [5, 5.41) is 13.7. The number of hydrogen-bond donors (Lipinski definition) is 1. The van der Waals surface area contributed by atoms with Crippen LogP contribution in [-0.2, 0) is 14.8 Å². The van der Waals surface area contributed by atoms with Gasteiger partial charge in [-0.15, -0.1) is 0 Å². The molecule has 1 N–H and O–H groups in total. The number of nitrogens with zero attached hydrogens (tertiary/aromatic N) is 2. The van der Waals surface area contributed by atoms with Crippen molar-refractivity contribution in [3.05, 3.63) is 101 Å². The molecule has 0 aliphatic carbocycles. The molecule has 1 atom stereocenters. The van der Waals surface area contributed by atoms with E-state index in [2.05, 4.69) is 5.32 Å². The Bertz CT molecular complexity index is 1170. The average Bonchev–Trinajstić information content (AvgIpc) is 2.82. The van der Waals surface area contributed by atoms with Crippen molar-refractivity contribution in [3.63, 3.8) is 0 Å². The van der Waals surface area contributed by atoms with E-state index < -0.39 is 27.4 Å². The third-order valence-corrected chi connectivity index (χ3v) is 6.73. The van der Waals surface area contributed by atoms with E-state index in [9.17, 15) is 23.3 Å². The molecule has 3 rings (SSSR count). The number of benzene rings is 3. The van der Waals surface area contributed by atoms with Crippen LogP contribution in [0.3, 0.4) is 0 Å². The molecule has 3 aromatic rings. The second-order valence-electron chi connectivity index (χ2n) is 7.21. The maximum absolute atomic E-state index is 13.3. The zero-order chi connectivity index (χ0) is 23.1. The Kier molecular flexibility index (Phi) is 7.21. The molecule has 9 heteroatoms. The van der Waals surface area contributed by atoms with Crippen molar-refractivity contribution in [1.82, 2.24) is 5.32 Å². The van der Waals surface area contributed by atoms with E-state index in [0.717, 1.165) is 9.87 Å². The maximum atomic E-state index is 13.3. The van der Waals surface area contributed by atoms with Crippen LogP contribution in [0.25, 0.3) is 0 Å². The monoisotopic (exact) mass is 453 g/mol. The van der Waals surface area contributed by atoms with Gasteiger partial charge in [0.2, 0.25) is 5.91 Å². The van der Waals surface area contributed by atoms with Crippen molar-refractivity contribution in [1.29, 1.82) is 0 Å². The van der Waals surface area contributed by atoms with E-state index in [1.54, 1.807) is 18.2 Å². The number of amides is 1. The third-order valence-electron chi connectivity index (χ3n) is 4.94. The van der Waals surface area contributed by atoms with Crippen molar-refractivity contribution >= 4 is 27.3 Å². The third kappa shape index (κ3) is 5.50. The number of rotatable bonds is 9. The highest BCUT2D eigenvalue weighted by Gasteiger charge is 2.27. The lowest BCUT2D eigenvalue weighted by Gasteiger charge is -2.24. The SMILES string of the molecule is C[C@@H](CNC(=O)CN(c1ccc([N+](=O)[O-])cc1)S(=O)(=O)c1ccccc1)c1ccccc1. The predicted octanol–water partition coefficient (Wildman–Crippen LogP) is 3.71. The van der Waals surface area contributed by atoms with Crippen LogP contribution in [0.15, 0.2) is 89.8 Å². The van der Waals surface area contributed by atoms with Gasteiger partial charge in [-0.05, 0) is 35.7 Å². The first-order valence-electron chi connectivity index (χ1n) is 9.93. The Morgan fingerprint density at radius 1 is 0.969 bits per heavy atom. The van der Waals surface area contributed by atoms with Gasteiger partial charge in [-0.3, -0.25) is 19.2 Å². The molecule has 0 bridgehead atoms. The maximum Gasteiger partial charge on any atom is 0.269 e. The molecule has 0 spiro atoms. The molecular formula is C23H23N3O5S. The standard InChI is InChI=1S/C23H23N3O5S/c1-18(19-8-4-2-5-9-19)16-24-23(27)17-25(20-12-14-21(15-13-20)26(28)29)32(30,31)22-10-6-3-7-11-22/h2-15,18H,16-17H2,1H3,(H,24,27)/t18-/m0/s1. The summed E-state index contributed by atoms with van der Waals surface area (Å²) in [6.07, 6.45) is 0. The molecular weight excluding hydrogens is 430 g/mol. The molecule has 0 saturated carbocycles. The zero-order valence-electron chi connectivity index (χ0n) is 17.4. The first kappa shape index (κ1) is 23.0. The molecule has 0 unspecified atom stereocenters. The summed E-state index contributed by atoms with van der Waals surface area (Å²) < 4.78 is 27.5. The van der Waals surface area contributed by atoms with E-state index in [4.69, 9.17) is 0 Å². The molecule has 0 aliphatic heterocycles. The quantitative estimate of drug-likeness (QED) is 0.392. The summed E-state index contributed by atoms with van der Waals surface area (Å²) in [5.41, 5.74) is 1.04. The first-order chi connectivity index (χ1) is 15.3. The highest BCUT2D eigenvalue weighted by molar-refractivity contribution is 7.92. The Balaban J connectivity index is 1.82. The van der Waals surface area contributed by atoms with Gasteiger partial charge in [0.05, 0.1) is 15.5 Å². The van der Waals surface area contributed by atoms with Gasteiger partial charge in [0.25, 0.3) is 15.7 Å². The summed E-state index contributed by atoms with van der Waals surface area (Å²) >= 11 is 0. The average molecular weight is 454 g/mol. The van der Waals surface area contributed by atoms with Gasteiger partial charge >= 0.3 is 0 Å². The summed E-state index contributed by atoms with van der Waals surface area (Å²) in [6, 6.07) is 22.4. The fourth-order valence-electron chi connectivity index (χ4n) is 3.13. The summed E-state index contributed by atoms with van der Waals surface area (Å²) in [7, 11) is -4.07. The molecule has 0 aliphatic rings. The molecule has 32 heavy (non-hydrogen) atoms. The number of hydrogen-bond acceptors (Lipinski definition) is 5. The van der Waals surface area contributed by atoms with E-state index in [0.29, 0.717) is 6.54 Å². The van der Waals surface area contributed by atoms with Crippen LogP contribution in [0.2, 0.25) is 0 Å². The minimum Gasteiger partial charge on any atom is -0.354 e. The largest absolute Gasteiger partial charge is 0.354 e. The molecule has 0 radical (unpaired) electrons. The minimum absolute atomic E-state index is 0.0174. The summed E-state index contributed by atoms with van der Waals surface area (Å²) in [6.45, 7) is 1.84. The van der Waals surface area contributed by atoms with Gasteiger partial charge in [0.15, 0.2) is 0 Å². The van der Waals surface area contributed by atoms with Gasteiger partial charge in [0, 0.05) is 18.7 Å². The topological polar surface area (TPSA) is 110 Å². The van der Waals surface area contributed by atoms with Crippen LogP contribution >= 0.6 is 0 Å². The van der Waals surface area contributed by atoms with Crippen molar-refractivity contribution in [3.8, 4) is 0 Å². The number of non-ortho nitro benzene ring substituents is 1. The highest BCUT2D eigenvalue weighted by atomic mass is 32.2. The second-order valence-corrected chi connectivity index (χ2v) is 9.08. The Morgan fingerprint density at radius 2 is 1.53 bits per heavy atom. The smallest absolute Gasteiger partial charge is 0.269 e. The number of carbonyl (C=O) groups excluding carboxylic acids is 1. The Hall–Kier alpha value is -3.72. The van der Waals surface area contributed by atoms with Crippen molar-refractivity contribution < 1.29 is 18.1 Å². The number of carbonyl (C=O) groups is 1. The molecule has 8 nitrogen and oxygen atoms in total. The lowest BCUT2D eigenvalue weighted by Crippen LogP contribution is -2.41. The summed E-state index contributed by atoms with van der Waals surface area (Å²) in [4.78, 5) is 23.1. The fourth-order valence-corrected chi connectivity index (χ4v) is 4.57. The van der Waals surface area contributed by atoms with Crippen LogP contribution in [-0.4, -0.2) is 32.3 Å². The number of nitrogens with one attached hydrogen (secondary N) is 1. The normalized spacial score (nSPS) is 12.0. The van der Waals surface area contributed by atoms with Crippen LogP contribution in [0, 0.1) is 10.1 Å². The molecule has 0 fully saturated rings. The van der Waals surface area contributed by atoms with Crippen LogP contribution < -0.4 is 9.62 Å². The molecule has 1 amide bonds. The first-order valence-corrected chi connectivity index (χ1v) is 11.4. The predicted molar refractivity (Wildman–Crippen MR) is 122 cm³/mol. The number of nitro groups is 1. The van der Waals surface area contributed by atoms with Crippen molar-refractivity contribution in [2.75, 3.05) is 17.4 Å². The zero-order valence-corrected chi connectivity index (χ0v) is 18.2. The van der Waals surface area contributed by atoms with E-state index >= 15 is 0 Å². The van der Waals surface area contributed by atoms with Gasteiger partial charge in [-0.2, -0.15) is 0 Å². The van der Waals surface area contributed by atoms with E-state index in [1.165, 1.54) is 36.4 Å². The van der Waals surface area contributed by atoms with Gasteiger partial charge in [-0.1, -0.05) is 55.5 Å². The number of nitro benzene ring substituents is 1. The molecule has 166 valence electrons. The number of sulfonamides is 1. The molecule has 0 saturated heterocycles. The van der Waals surface area contributed by atoms with Crippen LogP contribution in [0.1, 0.15) is 18.4 Å². The lowest BCUT2D eigenvalue weighted by atomic mass is 10.0. The fraction of sp³-hybridized carbons (Fsp3) is 0.174. The van der Waals surface area contributed by atoms with Crippen molar-refractivity contribution in [2.24, 2.45) is 0 Å². The number of anilines is 1. The Labute approximate surface area is 186 Å².